The second-order valence-corrected chi connectivity index (χ2v) is 5.97. The van der Waals surface area contributed by atoms with E-state index >= 15 is 0 Å². The standard InChI is InChI=1S/C15H26N2O/c1-15(2,3)16-10-14(18)12-17(4)11-13-8-6-5-7-9-13/h5-9,14,16,18H,10-12H2,1-4H3. The Balaban J connectivity index is 2.29. The quantitative estimate of drug-likeness (QED) is 0.809. The molecule has 0 aromatic heterocycles. The molecule has 1 unspecified atom stereocenters. The normalized spacial score (nSPS) is 13.9. The Bertz CT molecular complexity index is 332. The molecule has 3 nitrogen and oxygen atoms in total. The molecule has 102 valence electrons. The zero-order valence-corrected chi connectivity index (χ0v) is 12.0. The van der Waals surface area contributed by atoms with Crippen LogP contribution in [0.15, 0.2) is 30.3 Å². The molecule has 0 aliphatic carbocycles. The monoisotopic (exact) mass is 250 g/mol. The highest BCUT2D eigenvalue weighted by atomic mass is 16.3. The lowest BCUT2D eigenvalue weighted by atomic mass is 10.1. The van der Waals surface area contributed by atoms with Crippen LogP contribution in [0.3, 0.4) is 0 Å². The van der Waals surface area contributed by atoms with Gasteiger partial charge < -0.3 is 10.4 Å². The van der Waals surface area contributed by atoms with E-state index in [0.717, 1.165) is 6.54 Å². The lowest BCUT2D eigenvalue weighted by Gasteiger charge is -2.25. The maximum absolute atomic E-state index is 9.96. The minimum Gasteiger partial charge on any atom is -0.390 e. The molecule has 2 N–H and O–H groups in total. The summed E-state index contributed by atoms with van der Waals surface area (Å²) in [6, 6.07) is 10.3. The Kier molecular flexibility index (Phi) is 5.79. The second kappa shape index (κ2) is 6.88. The van der Waals surface area contributed by atoms with Gasteiger partial charge in [0.1, 0.15) is 0 Å². The van der Waals surface area contributed by atoms with E-state index in [1.165, 1.54) is 5.56 Å². The van der Waals surface area contributed by atoms with E-state index in [-0.39, 0.29) is 11.6 Å². The topological polar surface area (TPSA) is 35.5 Å². The summed E-state index contributed by atoms with van der Waals surface area (Å²) in [6.45, 7) is 8.49. The predicted molar refractivity (Wildman–Crippen MR) is 76.5 cm³/mol. The highest BCUT2D eigenvalue weighted by molar-refractivity contribution is 5.14. The van der Waals surface area contributed by atoms with E-state index in [1.54, 1.807) is 0 Å². The number of rotatable bonds is 6. The molecule has 18 heavy (non-hydrogen) atoms. The van der Waals surface area contributed by atoms with Gasteiger partial charge in [0.05, 0.1) is 6.10 Å². The van der Waals surface area contributed by atoms with E-state index in [1.807, 2.05) is 25.2 Å². The fraction of sp³-hybridized carbons (Fsp3) is 0.600. The van der Waals surface area contributed by atoms with Crippen molar-refractivity contribution in [3.8, 4) is 0 Å². The second-order valence-electron chi connectivity index (χ2n) is 5.97. The molecule has 0 bridgehead atoms. The molecule has 0 radical (unpaired) electrons. The highest BCUT2D eigenvalue weighted by Gasteiger charge is 2.13. The summed E-state index contributed by atoms with van der Waals surface area (Å²) >= 11 is 0. The molecular formula is C15H26N2O. The number of aliphatic hydroxyl groups excluding tert-OH is 1. The van der Waals surface area contributed by atoms with Crippen molar-refractivity contribution < 1.29 is 5.11 Å². The van der Waals surface area contributed by atoms with Gasteiger partial charge in [0.25, 0.3) is 0 Å². The minimum absolute atomic E-state index is 0.0545. The first kappa shape index (κ1) is 15.2. The van der Waals surface area contributed by atoms with Crippen LogP contribution < -0.4 is 5.32 Å². The van der Waals surface area contributed by atoms with Crippen molar-refractivity contribution in [2.75, 3.05) is 20.1 Å². The largest absolute Gasteiger partial charge is 0.390 e. The molecule has 1 aromatic carbocycles. The molecule has 1 rings (SSSR count). The fourth-order valence-electron chi connectivity index (χ4n) is 1.81. The molecule has 0 amide bonds. The molecule has 1 aromatic rings. The summed E-state index contributed by atoms with van der Waals surface area (Å²) in [5, 5.41) is 13.3. The summed E-state index contributed by atoms with van der Waals surface area (Å²) in [4.78, 5) is 2.14. The number of likely N-dealkylation sites (N-methyl/N-ethyl adjacent to an activating group) is 1. The van der Waals surface area contributed by atoms with Gasteiger partial charge in [-0.15, -0.1) is 0 Å². The lowest BCUT2D eigenvalue weighted by Crippen LogP contribution is -2.44. The van der Waals surface area contributed by atoms with Gasteiger partial charge >= 0.3 is 0 Å². The molecule has 0 saturated heterocycles. The maximum Gasteiger partial charge on any atom is 0.0791 e. The summed E-state index contributed by atoms with van der Waals surface area (Å²) in [5.74, 6) is 0. The molecule has 0 aliphatic rings. The number of hydrogen-bond acceptors (Lipinski definition) is 3. The van der Waals surface area contributed by atoms with Crippen LogP contribution in [0.1, 0.15) is 26.3 Å². The summed E-state index contributed by atoms with van der Waals surface area (Å²) in [6.07, 6.45) is -0.335. The van der Waals surface area contributed by atoms with Crippen molar-refractivity contribution in [3.05, 3.63) is 35.9 Å². The van der Waals surface area contributed by atoms with E-state index < -0.39 is 0 Å². The number of β-amino-alcohol motifs (C(OH)–C–C–N with tert-alkyl or cyclic N) is 1. The van der Waals surface area contributed by atoms with Crippen molar-refractivity contribution in [2.45, 2.75) is 39.0 Å². The Morgan fingerprint density at radius 2 is 1.83 bits per heavy atom. The fourth-order valence-corrected chi connectivity index (χ4v) is 1.81. The maximum atomic E-state index is 9.96. The molecule has 0 fully saturated rings. The number of aliphatic hydroxyl groups is 1. The lowest BCUT2D eigenvalue weighted by molar-refractivity contribution is 0.114. The van der Waals surface area contributed by atoms with Gasteiger partial charge in [-0.05, 0) is 33.4 Å². The highest BCUT2D eigenvalue weighted by Crippen LogP contribution is 2.04. The Hall–Kier alpha value is -0.900. The number of benzene rings is 1. The third-order valence-corrected chi connectivity index (χ3v) is 2.69. The number of hydrogen-bond donors (Lipinski definition) is 2. The summed E-state index contributed by atoms with van der Waals surface area (Å²) in [7, 11) is 2.04. The molecule has 0 saturated carbocycles. The van der Waals surface area contributed by atoms with Crippen molar-refractivity contribution >= 4 is 0 Å². The molecule has 3 heteroatoms. The van der Waals surface area contributed by atoms with Crippen molar-refractivity contribution in [3.63, 3.8) is 0 Å². The minimum atomic E-state index is -0.335. The van der Waals surface area contributed by atoms with E-state index in [4.69, 9.17) is 0 Å². The predicted octanol–water partition coefficient (Wildman–Crippen LogP) is 1.87. The van der Waals surface area contributed by atoms with E-state index in [2.05, 4.69) is 43.1 Å². The van der Waals surface area contributed by atoms with Gasteiger partial charge in [0.15, 0.2) is 0 Å². The van der Waals surface area contributed by atoms with Crippen molar-refractivity contribution in [2.24, 2.45) is 0 Å². The van der Waals surface area contributed by atoms with Crippen LogP contribution in [-0.4, -0.2) is 41.8 Å². The van der Waals surface area contributed by atoms with E-state index in [9.17, 15) is 5.11 Å². The average molecular weight is 250 g/mol. The molecular weight excluding hydrogens is 224 g/mol. The first-order valence-electron chi connectivity index (χ1n) is 6.52. The zero-order valence-electron chi connectivity index (χ0n) is 12.0. The SMILES string of the molecule is CN(Cc1ccccc1)CC(O)CNC(C)(C)C. The molecule has 0 spiro atoms. The van der Waals surface area contributed by atoms with E-state index in [0.29, 0.717) is 13.1 Å². The van der Waals surface area contributed by atoms with Crippen molar-refractivity contribution in [1.82, 2.24) is 10.2 Å². The zero-order chi connectivity index (χ0) is 13.6. The molecule has 1 atom stereocenters. The van der Waals surface area contributed by atoms with Crippen LogP contribution in [0.5, 0.6) is 0 Å². The van der Waals surface area contributed by atoms with Crippen LogP contribution in [0, 0.1) is 0 Å². The van der Waals surface area contributed by atoms with Gasteiger partial charge in [0, 0.05) is 25.2 Å². The third kappa shape index (κ3) is 6.74. The first-order valence-corrected chi connectivity index (χ1v) is 6.52. The average Bonchev–Trinajstić information content (AvgIpc) is 2.26. The number of nitrogens with zero attached hydrogens (tertiary/aromatic N) is 1. The van der Waals surface area contributed by atoms with Crippen LogP contribution >= 0.6 is 0 Å². The Labute approximate surface area is 111 Å². The van der Waals surface area contributed by atoms with Gasteiger partial charge in [-0.2, -0.15) is 0 Å². The summed E-state index contributed by atoms with van der Waals surface area (Å²) < 4.78 is 0. The third-order valence-electron chi connectivity index (χ3n) is 2.69. The Morgan fingerprint density at radius 3 is 2.39 bits per heavy atom. The smallest absolute Gasteiger partial charge is 0.0791 e. The van der Waals surface area contributed by atoms with Gasteiger partial charge in [0.2, 0.25) is 0 Å². The van der Waals surface area contributed by atoms with Crippen molar-refractivity contribution in [1.29, 1.82) is 0 Å². The van der Waals surface area contributed by atoms with Gasteiger partial charge in [-0.3, -0.25) is 4.90 Å². The van der Waals surface area contributed by atoms with Crippen LogP contribution in [0.25, 0.3) is 0 Å². The summed E-state index contributed by atoms with van der Waals surface area (Å²) in [5.41, 5.74) is 1.33. The first-order chi connectivity index (χ1) is 8.37. The van der Waals surface area contributed by atoms with Crippen LogP contribution in [-0.2, 0) is 6.54 Å². The number of nitrogens with one attached hydrogen (secondary N) is 1. The van der Waals surface area contributed by atoms with Crippen LogP contribution in [0.2, 0.25) is 0 Å². The van der Waals surface area contributed by atoms with Crippen LogP contribution in [0.4, 0.5) is 0 Å². The Morgan fingerprint density at radius 1 is 1.22 bits per heavy atom. The molecule has 0 aliphatic heterocycles. The molecule has 0 heterocycles. The van der Waals surface area contributed by atoms with Gasteiger partial charge in [-0.1, -0.05) is 30.3 Å². The van der Waals surface area contributed by atoms with Gasteiger partial charge in [-0.25, -0.2) is 0 Å².